The summed E-state index contributed by atoms with van der Waals surface area (Å²) in [7, 11) is -1.86. The fraction of sp³-hybridized carbons (Fsp3) is 0.364. The van der Waals surface area contributed by atoms with Crippen molar-refractivity contribution in [1.82, 2.24) is 18.8 Å². The van der Waals surface area contributed by atoms with Crippen LogP contribution in [0, 0.1) is 12.7 Å². The third kappa shape index (κ3) is 4.44. The molecule has 0 saturated carbocycles. The molecular weight excluding hydrogens is 403 g/mol. The lowest BCUT2D eigenvalue weighted by Crippen LogP contribution is -2.39. The summed E-state index contributed by atoms with van der Waals surface area (Å²) in [5.41, 5.74) is 3.92. The number of piperidine rings is 1. The largest absolute Gasteiger partial charge is 0.339 e. The lowest BCUT2D eigenvalue weighted by molar-refractivity contribution is 0.311. The molecule has 1 aliphatic rings. The van der Waals surface area contributed by atoms with Gasteiger partial charge in [-0.25, -0.2) is 17.8 Å². The predicted octanol–water partition coefficient (Wildman–Crippen LogP) is 3.42. The standard InChI is InChI=1S/C22H25FN4O2S/c1-16-10-18(11-17-5-7-20(23)8-6-17)12-21(25-16)19-4-3-9-27(13-19)30(28,29)22-14-26(2)15-24-22/h5-8,10,12,14-15,19H,3-4,9,11,13H2,1-2H3/t19-/m1/s1. The number of hydrogen-bond donors (Lipinski definition) is 0. The van der Waals surface area contributed by atoms with Gasteiger partial charge < -0.3 is 4.57 Å². The predicted molar refractivity (Wildman–Crippen MR) is 112 cm³/mol. The van der Waals surface area contributed by atoms with E-state index in [0.29, 0.717) is 19.5 Å². The van der Waals surface area contributed by atoms with Crippen molar-refractivity contribution < 1.29 is 12.8 Å². The maximum absolute atomic E-state index is 13.2. The van der Waals surface area contributed by atoms with Crippen LogP contribution in [0.1, 0.15) is 41.3 Å². The van der Waals surface area contributed by atoms with Gasteiger partial charge in [-0.1, -0.05) is 12.1 Å². The van der Waals surface area contributed by atoms with E-state index in [-0.39, 0.29) is 16.8 Å². The number of aromatic nitrogens is 3. The number of halogens is 1. The van der Waals surface area contributed by atoms with E-state index in [4.69, 9.17) is 4.98 Å². The quantitative estimate of drug-likeness (QED) is 0.625. The van der Waals surface area contributed by atoms with Gasteiger partial charge in [0.25, 0.3) is 10.0 Å². The van der Waals surface area contributed by atoms with Gasteiger partial charge in [0.05, 0.1) is 6.33 Å². The van der Waals surface area contributed by atoms with E-state index in [2.05, 4.69) is 11.1 Å². The molecular formula is C22H25FN4O2S. The number of hydrogen-bond acceptors (Lipinski definition) is 4. The van der Waals surface area contributed by atoms with E-state index < -0.39 is 10.0 Å². The molecule has 2 aromatic heterocycles. The van der Waals surface area contributed by atoms with Crippen molar-refractivity contribution in [2.45, 2.75) is 37.1 Å². The maximum Gasteiger partial charge on any atom is 0.262 e. The number of pyridine rings is 1. The van der Waals surface area contributed by atoms with Gasteiger partial charge in [-0.05, 0) is 61.6 Å². The fourth-order valence-electron chi connectivity index (χ4n) is 3.97. The molecule has 1 saturated heterocycles. The Morgan fingerprint density at radius 2 is 1.93 bits per heavy atom. The van der Waals surface area contributed by atoms with Crippen LogP contribution in [0.4, 0.5) is 4.39 Å². The third-order valence-electron chi connectivity index (χ3n) is 5.44. The van der Waals surface area contributed by atoms with E-state index in [0.717, 1.165) is 35.4 Å². The zero-order valence-electron chi connectivity index (χ0n) is 17.1. The van der Waals surface area contributed by atoms with Crippen LogP contribution in [-0.2, 0) is 23.5 Å². The van der Waals surface area contributed by atoms with Gasteiger partial charge in [0, 0.05) is 43.6 Å². The second-order valence-corrected chi connectivity index (χ2v) is 9.81. The molecule has 0 spiro atoms. The molecule has 3 heterocycles. The average Bonchev–Trinajstić information content (AvgIpc) is 3.17. The Hall–Kier alpha value is -2.58. The smallest absolute Gasteiger partial charge is 0.262 e. The molecule has 1 fully saturated rings. The minimum Gasteiger partial charge on any atom is -0.339 e. The lowest BCUT2D eigenvalue weighted by atomic mass is 9.93. The number of imidazole rings is 1. The summed E-state index contributed by atoms with van der Waals surface area (Å²) in [6, 6.07) is 10.6. The summed E-state index contributed by atoms with van der Waals surface area (Å²) >= 11 is 0. The van der Waals surface area contributed by atoms with E-state index in [1.165, 1.54) is 29.0 Å². The summed E-state index contributed by atoms with van der Waals surface area (Å²) in [5.74, 6) is -0.217. The van der Waals surface area contributed by atoms with Crippen LogP contribution in [0.2, 0.25) is 0 Å². The van der Waals surface area contributed by atoms with Crippen LogP contribution in [0.25, 0.3) is 0 Å². The summed E-state index contributed by atoms with van der Waals surface area (Å²) < 4.78 is 42.3. The number of nitrogens with zero attached hydrogens (tertiary/aromatic N) is 4. The minimum atomic E-state index is -3.62. The topological polar surface area (TPSA) is 68.1 Å². The van der Waals surface area contributed by atoms with E-state index in [1.54, 1.807) is 23.7 Å². The second kappa shape index (κ2) is 8.28. The number of sulfonamides is 1. The van der Waals surface area contributed by atoms with Gasteiger partial charge in [-0.3, -0.25) is 4.98 Å². The molecule has 1 atom stereocenters. The van der Waals surface area contributed by atoms with Crippen molar-refractivity contribution in [3.05, 3.63) is 77.3 Å². The average molecular weight is 429 g/mol. The molecule has 1 aromatic carbocycles. The summed E-state index contributed by atoms with van der Waals surface area (Å²) in [6.07, 6.45) is 5.38. The second-order valence-electron chi connectivity index (χ2n) is 7.92. The highest BCUT2D eigenvalue weighted by atomic mass is 32.2. The molecule has 30 heavy (non-hydrogen) atoms. The van der Waals surface area contributed by atoms with Gasteiger partial charge in [-0.2, -0.15) is 4.31 Å². The summed E-state index contributed by atoms with van der Waals surface area (Å²) in [6.45, 7) is 2.83. The Morgan fingerprint density at radius 3 is 2.63 bits per heavy atom. The molecule has 4 rings (SSSR count). The van der Waals surface area contributed by atoms with Crippen LogP contribution in [-0.4, -0.2) is 40.3 Å². The highest BCUT2D eigenvalue weighted by Crippen LogP contribution is 2.30. The first-order valence-corrected chi connectivity index (χ1v) is 11.5. The molecule has 0 bridgehead atoms. The van der Waals surface area contributed by atoms with Gasteiger partial charge in [0.1, 0.15) is 5.82 Å². The van der Waals surface area contributed by atoms with Crippen molar-refractivity contribution in [3.63, 3.8) is 0 Å². The van der Waals surface area contributed by atoms with Crippen molar-refractivity contribution in [2.24, 2.45) is 7.05 Å². The van der Waals surface area contributed by atoms with Crippen molar-refractivity contribution in [3.8, 4) is 0 Å². The molecule has 3 aromatic rings. The third-order valence-corrected chi connectivity index (χ3v) is 7.19. The zero-order chi connectivity index (χ0) is 21.3. The van der Waals surface area contributed by atoms with Crippen LogP contribution in [0.15, 0.2) is 53.9 Å². The van der Waals surface area contributed by atoms with Crippen LogP contribution < -0.4 is 0 Å². The molecule has 0 radical (unpaired) electrons. The summed E-state index contributed by atoms with van der Waals surface area (Å²) in [4.78, 5) is 8.74. The number of benzene rings is 1. The van der Waals surface area contributed by atoms with Crippen LogP contribution in [0.5, 0.6) is 0 Å². The molecule has 0 unspecified atom stereocenters. The SMILES string of the molecule is Cc1cc(Cc2ccc(F)cc2)cc([C@@H]2CCCN(S(=O)(=O)c3cn(C)cn3)C2)n1. The number of rotatable bonds is 5. The van der Waals surface area contributed by atoms with Gasteiger partial charge in [0.2, 0.25) is 0 Å². The molecule has 0 aliphatic carbocycles. The minimum absolute atomic E-state index is 0.0316. The van der Waals surface area contributed by atoms with E-state index in [1.807, 2.05) is 13.0 Å². The Morgan fingerprint density at radius 1 is 1.17 bits per heavy atom. The molecule has 8 heteroatoms. The Balaban J connectivity index is 1.56. The monoisotopic (exact) mass is 428 g/mol. The molecule has 0 amide bonds. The first kappa shape index (κ1) is 20.7. The maximum atomic E-state index is 13.2. The first-order chi connectivity index (χ1) is 14.3. The van der Waals surface area contributed by atoms with Crippen molar-refractivity contribution in [2.75, 3.05) is 13.1 Å². The highest BCUT2D eigenvalue weighted by Gasteiger charge is 2.33. The first-order valence-electron chi connectivity index (χ1n) is 10.0. The van der Waals surface area contributed by atoms with E-state index >= 15 is 0 Å². The molecule has 0 N–H and O–H groups in total. The highest BCUT2D eigenvalue weighted by molar-refractivity contribution is 7.89. The Kier molecular flexibility index (Phi) is 5.71. The summed E-state index contributed by atoms with van der Waals surface area (Å²) in [5, 5.41) is 0.0832. The Bertz CT molecular complexity index is 1140. The van der Waals surface area contributed by atoms with Gasteiger partial charge in [0.15, 0.2) is 5.03 Å². The van der Waals surface area contributed by atoms with Crippen molar-refractivity contribution >= 4 is 10.0 Å². The number of aryl methyl sites for hydroxylation is 2. The Labute approximate surface area is 176 Å². The molecule has 6 nitrogen and oxygen atoms in total. The fourth-order valence-corrected chi connectivity index (χ4v) is 5.46. The molecule has 1 aliphatic heterocycles. The molecule has 158 valence electrons. The van der Waals surface area contributed by atoms with Gasteiger partial charge in [-0.15, -0.1) is 0 Å². The lowest BCUT2D eigenvalue weighted by Gasteiger charge is -2.31. The zero-order valence-corrected chi connectivity index (χ0v) is 17.9. The van der Waals surface area contributed by atoms with Crippen LogP contribution >= 0.6 is 0 Å². The van der Waals surface area contributed by atoms with E-state index in [9.17, 15) is 12.8 Å². The normalized spacial score (nSPS) is 17.9. The van der Waals surface area contributed by atoms with Crippen molar-refractivity contribution in [1.29, 1.82) is 0 Å². The van der Waals surface area contributed by atoms with Gasteiger partial charge >= 0.3 is 0 Å². The van der Waals surface area contributed by atoms with Crippen LogP contribution in [0.3, 0.4) is 0 Å².